The summed E-state index contributed by atoms with van der Waals surface area (Å²) < 4.78 is -1.47. The Morgan fingerprint density at radius 2 is 0.936 bits per heavy atom. The molecule has 2 amide bonds. The number of benzene rings is 4. The lowest BCUT2D eigenvalue weighted by Crippen LogP contribution is -2.63. The van der Waals surface area contributed by atoms with Crippen LogP contribution in [0.25, 0.3) is 0 Å². The number of hydroxylamine groups is 6. The van der Waals surface area contributed by atoms with Crippen LogP contribution in [-0.2, 0) is 35.5 Å². The summed E-state index contributed by atoms with van der Waals surface area (Å²) in [7, 11) is 0. The van der Waals surface area contributed by atoms with Crippen LogP contribution in [0.5, 0.6) is 0 Å². The largest absolute Gasteiger partial charge is 0.632 e. The number of nitrogens with one attached hydrogen (secondary N) is 2. The quantitative estimate of drug-likeness (QED) is 0.165. The van der Waals surface area contributed by atoms with Crippen LogP contribution in [0.1, 0.15) is 65.7 Å². The van der Waals surface area contributed by atoms with Crippen LogP contribution >= 0.6 is 0 Å². The van der Waals surface area contributed by atoms with Gasteiger partial charge in [0.1, 0.15) is 13.1 Å². The summed E-state index contributed by atoms with van der Waals surface area (Å²) in [6, 6.07) is 32.8. The van der Waals surface area contributed by atoms with Crippen molar-refractivity contribution >= 4 is 11.8 Å². The van der Waals surface area contributed by atoms with Crippen LogP contribution in [0.2, 0.25) is 0 Å². The molecule has 2 heterocycles. The second-order valence-corrected chi connectivity index (χ2v) is 13.3. The summed E-state index contributed by atoms with van der Waals surface area (Å²) in [5.41, 5.74) is 5.83. The number of rotatable bonds is 10. The highest BCUT2D eigenvalue weighted by molar-refractivity contribution is 5.82. The molecule has 2 aliphatic rings. The molecule has 2 aliphatic heterocycles. The fraction of sp³-hybridized carbons (Fsp3) is 0.333. The van der Waals surface area contributed by atoms with E-state index in [1.54, 1.807) is 0 Å². The number of nitrogens with zero attached hydrogens (tertiary/aromatic N) is 2. The SMILES string of the molecule is C[C@H](NC(=O)[C@@H]1Cc2ccccc2C[N+]1([O-])CCC[N+]1([O-])Cc2ccccc2C[C@H]1C(=O)N[C@@H](C)c1ccccc1)c1ccccc1. The minimum Gasteiger partial charge on any atom is -0.632 e. The van der Waals surface area contributed by atoms with E-state index in [1.165, 1.54) is 0 Å². The summed E-state index contributed by atoms with van der Waals surface area (Å²) in [5, 5.41) is 35.6. The molecule has 0 aliphatic carbocycles. The molecule has 4 aromatic rings. The van der Waals surface area contributed by atoms with Crippen molar-refractivity contribution in [2.45, 2.75) is 70.4 Å². The van der Waals surface area contributed by atoms with E-state index < -0.39 is 21.4 Å². The summed E-state index contributed by atoms with van der Waals surface area (Å²) in [4.78, 5) is 27.6. The van der Waals surface area contributed by atoms with E-state index in [9.17, 15) is 20.0 Å². The average molecular weight is 633 g/mol. The van der Waals surface area contributed by atoms with Crippen molar-refractivity contribution in [3.05, 3.63) is 153 Å². The molecule has 0 saturated heterocycles. The first-order valence-corrected chi connectivity index (χ1v) is 16.6. The summed E-state index contributed by atoms with van der Waals surface area (Å²) in [6.45, 7) is 4.37. The van der Waals surface area contributed by atoms with Crippen molar-refractivity contribution in [3.8, 4) is 0 Å². The Hall–Kier alpha value is -4.34. The van der Waals surface area contributed by atoms with E-state index in [0.29, 0.717) is 12.8 Å². The van der Waals surface area contributed by atoms with Crippen molar-refractivity contribution in [3.63, 3.8) is 0 Å². The lowest BCUT2D eigenvalue weighted by molar-refractivity contribution is -0.929. The number of carbonyl (C=O) groups is 2. The maximum absolute atomic E-state index is 14.7. The fourth-order valence-electron chi connectivity index (χ4n) is 7.33. The molecule has 0 saturated carbocycles. The van der Waals surface area contributed by atoms with Gasteiger partial charge in [0.15, 0.2) is 12.1 Å². The molecule has 8 heteroatoms. The van der Waals surface area contributed by atoms with Crippen LogP contribution in [0.4, 0.5) is 0 Å². The van der Waals surface area contributed by atoms with Crippen LogP contribution in [-0.4, -0.2) is 46.3 Å². The minimum absolute atomic E-state index is 0.102. The molecule has 6 atom stereocenters. The Bertz CT molecular complexity index is 1570. The van der Waals surface area contributed by atoms with Crippen molar-refractivity contribution < 1.29 is 18.9 Å². The first-order valence-electron chi connectivity index (χ1n) is 16.6. The van der Waals surface area contributed by atoms with Gasteiger partial charge in [-0.05, 0) is 36.1 Å². The Morgan fingerprint density at radius 3 is 1.32 bits per heavy atom. The van der Waals surface area contributed by atoms with Crippen molar-refractivity contribution in [2.24, 2.45) is 0 Å². The van der Waals surface area contributed by atoms with Gasteiger partial charge in [-0.25, -0.2) is 0 Å². The van der Waals surface area contributed by atoms with Crippen LogP contribution < -0.4 is 10.6 Å². The highest BCUT2D eigenvalue weighted by atomic mass is 16.6. The minimum atomic E-state index is -0.843. The van der Waals surface area contributed by atoms with E-state index in [4.69, 9.17) is 0 Å². The topological polar surface area (TPSA) is 104 Å². The lowest BCUT2D eigenvalue weighted by Gasteiger charge is -2.53. The van der Waals surface area contributed by atoms with Crippen LogP contribution in [0.15, 0.2) is 109 Å². The smallest absolute Gasteiger partial charge is 0.279 e. The van der Waals surface area contributed by atoms with Gasteiger partial charge in [0.05, 0.1) is 25.2 Å². The van der Waals surface area contributed by atoms with Crippen LogP contribution in [0.3, 0.4) is 0 Å². The molecular formula is C39H44N4O4. The highest BCUT2D eigenvalue weighted by Crippen LogP contribution is 2.34. The predicted octanol–water partition coefficient (Wildman–Crippen LogP) is 6.01. The standard InChI is InChI=1S/C39H44N4O4/c1-28(30-14-5-3-6-15-30)40-38(44)36-24-32-18-9-11-20-34(32)26-42(36,46)22-13-23-43(47)27-35-21-12-10-19-33(35)25-37(43)39(45)41-29(2)31-16-7-4-8-17-31/h3-12,14-21,28-29,36-37H,13,22-27H2,1-2H3,(H,40,44)(H,41,45)/t28-,29-,36-,37-,42?,43?/m0/s1. The van der Waals surface area contributed by atoms with Gasteiger partial charge in [-0.3, -0.25) is 9.59 Å². The monoisotopic (exact) mass is 632 g/mol. The molecule has 244 valence electrons. The average Bonchev–Trinajstić information content (AvgIpc) is 3.08. The zero-order valence-electron chi connectivity index (χ0n) is 27.2. The van der Waals surface area contributed by atoms with Gasteiger partial charge < -0.3 is 30.3 Å². The Morgan fingerprint density at radius 1 is 0.596 bits per heavy atom. The molecule has 0 radical (unpaired) electrons. The summed E-state index contributed by atoms with van der Waals surface area (Å²) >= 11 is 0. The molecule has 0 bridgehead atoms. The van der Waals surface area contributed by atoms with Gasteiger partial charge in [0.2, 0.25) is 0 Å². The Kier molecular flexibility index (Phi) is 9.57. The first-order chi connectivity index (χ1) is 22.6. The van der Waals surface area contributed by atoms with Crippen LogP contribution in [0, 0.1) is 10.4 Å². The number of fused-ring (bicyclic) bond motifs is 2. The second-order valence-electron chi connectivity index (χ2n) is 13.3. The molecule has 47 heavy (non-hydrogen) atoms. The zero-order chi connectivity index (χ0) is 33.0. The molecule has 0 aromatic heterocycles. The molecular weight excluding hydrogens is 588 g/mol. The second kappa shape index (κ2) is 13.8. The molecule has 8 nitrogen and oxygen atoms in total. The summed E-state index contributed by atoms with van der Waals surface area (Å²) in [5.74, 6) is -0.563. The predicted molar refractivity (Wildman–Crippen MR) is 183 cm³/mol. The third-order valence-corrected chi connectivity index (χ3v) is 10.1. The third kappa shape index (κ3) is 7.16. The highest BCUT2D eigenvalue weighted by Gasteiger charge is 2.43. The number of hydrogen-bond acceptors (Lipinski definition) is 4. The van der Waals surface area contributed by atoms with Gasteiger partial charge in [0, 0.05) is 30.4 Å². The third-order valence-electron chi connectivity index (χ3n) is 10.1. The molecule has 6 rings (SSSR count). The van der Waals surface area contributed by atoms with Gasteiger partial charge >= 0.3 is 0 Å². The lowest BCUT2D eigenvalue weighted by atomic mass is 9.91. The zero-order valence-corrected chi connectivity index (χ0v) is 27.2. The van der Waals surface area contributed by atoms with Gasteiger partial charge in [0.25, 0.3) is 11.8 Å². The van der Waals surface area contributed by atoms with Crippen molar-refractivity contribution in [1.82, 2.24) is 10.6 Å². The Labute approximate surface area is 277 Å². The molecule has 2 unspecified atom stereocenters. The molecule has 2 N–H and O–H groups in total. The maximum Gasteiger partial charge on any atom is 0.279 e. The normalized spacial score (nSPS) is 24.7. The summed E-state index contributed by atoms with van der Waals surface area (Å²) in [6.07, 6.45) is 0.952. The number of carbonyl (C=O) groups excluding carboxylic acids is 2. The maximum atomic E-state index is 14.7. The van der Waals surface area contributed by atoms with E-state index in [0.717, 1.165) is 33.4 Å². The van der Waals surface area contributed by atoms with E-state index in [1.807, 2.05) is 123 Å². The van der Waals surface area contributed by atoms with Gasteiger partial charge in [-0.15, -0.1) is 0 Å². The van der Waals surface area contributed by atoms with Crippen molar-refractivity contribution in [1.29, 1.82) is 0 Å². The number of amides is 2. The Balaban J connectivity index is 1.21. The van der Waals surface area contributed by atoms with E-state index in [2.05, 4.69) is 10.6 Å². The van der Waals surface area contributed by atoms with Gasteiger partial charge in [-0.1, -0.05) is 109 Å². The van der Waals surface area contributed by atoms with E-state index in [-0.39, 0.29) is 56.5 Å². The molecule has 0 spiro atoms. The molecule has 4 aromatic carbocycles. The van der Waals surface area contributed by atoms with Crippen molar-refractivity contribution in [2.75, 3.05) is 13.1 Å². The van der Waals surface area contributed by atoms with E-state index >= 15 is 0 Å². The van der Waals surface area contributed by atoms with Gasteiger partial charge in [-0.2, -0.15) is 0 Å². The molecule has 0 fully saturated rings. The first kappa shape index (κ1) is 32.6. The number of hydrogen-bond donors (Lipinski definition) is 2. The fourth-order valence-corrected chi connectivity index (χ4v) is 7.33. The number of quaternary nitrogens is 2.